The van der Waals surface area contributed by atoms with Crippen molar-refractivity contribution in [2.24, 2.45) is 0 Å². The Kier molecular flexibility index (Phi) is 8.23. The zero-order chi connectivity index (χ0) is 13.3. The maximum Gasteiger partial charge on any atom is 0.330 e. The van der Waals surface area contributed by atoms with Crippen molar-refractivity contribution in [1.82, 2.24) is 0 Å². The topological polar surface area (TPSA) is 52.6 Å². The molecule has 0 saturated heterocycles. The van der Waals surface area contributed by atoms with E-state index in [0.717, 1.165) is 12.2 Å². The van der Waals surface area contributed by atoms with Gasteiger partial charge in [0, 0.05) is 23.7 Å². The second kappa shape index (κ2) is 8.87. The fourth-order valence-corrected chi connectivity index (χ4v) is 1.90. The summed E-state index contributed by atoms with van der Waals surface area (Å²) < 4.78 is 9.96. The number of thioether (sulfide) groups is 1. The molecule has 0 aliphatic rings. The van der Waals surface area contributed by atoms with E-state index in [-0.39, 0.29) is 12.2 Å². The van der Waals surface area contributed by atoms with Crippen LogP contribution in [0.1, 0.15) is 13.8 Å². The Hall–Kier alpha value is -1.23. The highest BCUT2D eigenvalue weighted by atomic mass is 32.2. The smallest absolute Gasteiger partial charge is 0.330 e. The average Bonchev–Trinajstić information content (AvgIpc) is 2.28. The molecular formula is C12H18O4S. The van der Waals surface area contributed by atoms with Crippen LogP contribution < -0.4 is 0 Å². The molecule has 0 aromatic heterocycles. The number of hydrogen-bond donors (Lipinski definition) is 0. The van der Waals surface area contributed by atoms with Crippen molar-refractivity contribution in [1.29, 1.82) is 0 Å². The lowest BCUT2D eigenvalue weighted by atomic mass is 10.4. The Bertz CT molecular complexity index is 260. The van der Waals surface area contributed by atoms with Gasteiger partial charge in [0.25, 0.3) is 0 Å². The molecule has 0 fully saturated rings. The van der Waals surface area contributed by atoms with E-state index < -0.39 is 11.9 Å². The van der Waals surface area contributed by atoms with Crippen LogP contribution >= 0.6 is 11.8 Å². The van der Waals surface area contributed by atoms with Crippen LogP contribution in [0, 0.1) is 0 Å². The predicted octanol–water partition coefficient (Wildman–Crippen LogP) is 1.96. The van der Waals surface area contributed by atoms with E-state index in [1.54, 1.807) is 25.6 Å². The fraction of sp³-hybridized carbons (Fsp3) is 0.500. The number of hydrogen-bond acceptors (Lipinski definition) is 5. The summed E-state index contributed by atoms with van der Waals surface area (Å²) >= 11 is 1.55. The first-order valence-electron chi connectivity index (χ1n) is 5.23. The quantitative estimate of drug-likeness (QED) is 0.492. The van der Waals surface area contributed by atoms with E-state index in [1.807, 2.05) is 0 Å². The van der Waals surface area contributed by atoms with Crippen LogP contribution in [0.5, 0.6) is 0 Å². The SMILES string of the molecule is C=CC(=O)OC(C)CSCC(C)OC(=O)C=C. The van der Waals surface area contributed by atoms with Crippen LogP contribution in [0.25, 0.3) is 0 Å². The minimum atomic E-state index is -0.427. The lowest BCUT2D eigenvalue weighted by Crippen LogP contribution is -2.19. The van der Waals surface area contributed by atoms with Gasteiger partial charge in [-0.15, -0.1) is 0 Å². The van der Waals surface area contributed by atoms with Crippen LogP contribution in [0.4, 0.5) is 0 Å². The van der Waals surface area contributed by atoms with Crippen LogP contribution in [0.3, 0.4) is 0 Å². The number of carbonyl (C=O) groups is 2. The molecule has 0 aliphatic heterocycles. The van der Waals surface area contributed by atoms with Gasteiger partial charge in [0.05, 0.1) is 0 Å². The monoisotopic (exact) mass is 258 g/mol. The van der Waals surface area contributed by atoms with Gasteiger partial charge in [0.1, 0.15) is 12.2 Å². The first-order valence-corrected chi connectivity index (χ1v) is 6.38. The van der Waals surface area contributed by atoms with Gasteiger partial charge in [0.15, 0.2) is 0 Å². The van der Waals surface area contributed by atoms with E-state index in [9.17, 15) is 9.59 Å². The summed E-state index contributed by atoms with van der Waals surface area (Å²) in [7, 11) is 0. The average molecular weight is 258 g/mol. The summed E-state index contributed by atoms with van der Waals surface area (Å²) in [5, 5.41) is 0. The largest absolute Gasteiger partial charge is 0.459 e. The first-order chi connectivity index (χ1) is 7.99. The second-order valence-corrected chi connectivity index (χ2v) is 4.52. The predicted molar refractivity (Wildman–Crippen MR) is 68.8 cm³/mol. The Morgan fingerprint density at radius 1 is 1.06 bits per heavy atom. The number of ether oxygens (including phenoxy) is 2. The summed E-state index contributed by atoms with van der Waals surface area (Å²) in [4.78, 5) is 21.7. The third-order valence-electron chi connectivity index (χ3n) is 1.67. The lowest BCUT2D eigenvalue weighted by molar-refractivity contribution is -0.141. The molecule has 0 bridgehead atoms. The third-order valence-corrected chi connectivity index (χ3v) is 3.08. The lowest BCUT2D eigenvalue weighted by Gasteiger charge is -2.14. The normalized spacial score (nSPS) is 13.3. The van der Waals surface area contributed by atoms with E-state index in [2.05, 4.69) is 13.2 Å². The van der Waals surface area contributed by atoms with E-state index in [1.165, 1.54) is 0 Å². The molecule has 0 amide bonds. The summed E-state index contributed by atoms with van der Waals surface area (Å²) in [6.07, 6.45) is 1.89. The van der Waals surface area contributed by atoms with Crippen LogP contribution in [-0.2, 0) is 19.1 Å². The highest BCUT2D eigenvalue weighted by molar-refractivity contribution is 7.99. The summed E-state index contributed by atoms with van der Waals surface area (Å²) in [6, 6.07) is 0. The van der Waals surface area contributed by atoms with Crippen LogP contribution in [0.15, 0.2) is 25.3 Å². The van der Waals surface area contributed by atoms with Crippen LogP contribution in [0.2, 0.25) is 0 Å². The number of esters is 2. The van der Waals surface area contributed by atoms with Crippen molar-refractivity contribution >= 4 is 23.7 Å². The molecule has 0 aromatic rings. The Morgan fingerprint density at radius 3 is 1.71 bits per heavy atom. The highest BCUT2D eigenvalue weighted by Crippen LogP contribution is 2.09. The molecule has 2 atom stereocenters. The van der Waals surface area contributed by atoms with Gasteiger partial charge < -0.3 is 9.47 Å². The van der Waals surface area contributed by atoms with Gasteiger partial charge in [-0.2, -0.15) is 11.8 Å². The van der Waals surface area contributed by atoms with Gasteiger partial charge >= 0.3 is 11.9 Å². The minimum Gasteiger partial charge on any atom is -0.459 e. The van der Waals surface area contributed by atoms with Crippen LogP contribution in [-0.4, -0.2) is 35.7 Å². The number of rotatable bonds is 8. The Balaban J connectivity index is 3.68. The van der Waals surface area contributed by atoms with Crippen molar-refractivity contribution in [3.8, 4) is 0 Å². The fourth-order valence-electron chi connectivity index (χ4n) is 0.961. The Labute approximate surface area is 106 Å². The molecule has 0 rings (SSSR count). The van der Waals surface area contributed by atoms with Crippen molar-refractivity contribution in [3.63, 3.8) is 0 Å². The molecule has 0 N–H and O–H groups in total. The van der Waals surface area contributed by atoms with Crippen molar-refractivity contribution in [2.45, 2.75) is 26.1 Å². The summed E-state index contributed by atoms with van der Waals surface area (Å²) in [5.74, 6) is 0.443. The highest BCUT2D eigenvalue weighted by Gasteiger charge is 2.10. The van der Waals surface area contributed by atoms with Gasteiger partial charge in [-0.05, 0) is 13.8 Å². The molecule has 17 heavy (non-hydrogen) atoms. The van der Waals surface area contributed by atoms with Crippen molar-refractivity contribution in [3.05, 3.63) is 25.3 Å². The van der Waals surface area contributed by atoms with Gasteiger partial charge in [-0.1, -0.05) is 13.2 Å². The summed E-state index contributed by atoms with van der Waals surface area (Å²) in [6.45, 7) is 10.2. The molecule has 2 unspecified atom stereocenters. The maximum atomic E-state index is 10.9. The van der Waals surface area contributed by atoms with Gasteiger partial charge in [0.2, 0.25) is 0 Å². The molecule has 0 saturated carbocycles. The molecule has 4 nitrogen and oxygen atoms in total. The molecule has 5 heteroatoms. The van der Waals surface area contributed by atoms with Gasteiger partial charge in [-0.3, -0.25) is 0 Å². The van der Waals surface area contributed by atoms with E-state index >= 15 is 0 Å². The Morgan fingerprint density at radius 2 is 1.41 bits per heavy atom. The molecular weight excluding hydrogens is 240 g/mol. The standard InChI is InChI=1S/C12H18O4S/c1-5-11(13)15-9(3)7-17-8-10(4)16-12(14)6-2/h5-6,9-10H,1-2,7-8H2,3-4H3. The molecule has 96 valence electrons. The molecule has 0 aliphatic carbocycles. The first kappa shape index (κ1) is 15.8. The van der Waals surface area contributed by atoms with Gasteiger partial charge in [-0.25, -0.2) is 9.59 Å². The van der Waals surface area contributed by atoms with Crippen molar-refractivity contribution < 1.29 is 19.1 Å². The molecule has 0 spiro atoms. The zero-order valence-corrected chi connectivity index (χ0v) is 11.0. The number of carbonyl (C=O) groups excluding carboxylic acids is 2. The summed E-state index contributed by atoms with van der Waals surface area (Å²) in [5.41, 5.74) is 0. The third kappa shape index (κ3) is 8.56. The molecule has 0 radical (unpaired) electrons. The minimum absolute atomic E-state index is 0.187. The maximum absolute atomic E-state index is 10.9. The second-order valence-electron chi connectivity index (χ2n) is 3.44. The zero-order valence-electron chi connectivity index (χ0n) is 10.2. The molecule has 0 aromatic carbocycles. The van der Waals surface area contributed by atoms with E-state index in [0.29, 0.717) is 11.5 Å². The van der Waals surface area contributed by atoms with Crippen molar-refractivity contribution in [2.75, 3.05) is 11.5 Å². The molecule has 0 heterocycles. The van der Waals surface area contributed by atoms with E-state index in [4.69, 9.17) is 9.47 Å².